The van der Waals surface area contributed by atoms with Gasteiger partial charge in [-0.05, 0) is 32.6 Å². The predicted octanol–water partition coefficient (Wildman–Crippen LogP) is 3.08. The van der Waals surface area contributed by atoms with Crippen molar-refractivity contribution in [1.29, 1.82) is 0 Å². The third-order valence-electron chi connectivity index (χ3n) is 3.14. The topological polar surface area (TPSA) is 33.2 Å². The highest BCUT2D eigenvalue weighted by Crippen LogP contribution is 2.25. The van der Waals surface area contributed by atoms with Crippen LogP contribution in [0.15, 0.2) is 6.20 Å². The van der Waals surface area contributed by atoms with Crippen LogP contribution in [0.2, 0.25) is 0 Å². The van der Waals surface area contributed by atoms with E-state index in [1.54, 1.807) is 6.20 Å². The molecule has 0 bridgehead atoms. The summed E-state index contributed by atoms with van der Waals surface area (Å²) in [6.45, 7) is 2.80. The minimum Gasteiger partial charge on any atom is -0.335 e. The molecule has 1 unspecified atom stereocenters. The number of likely N-dealkylation sites (tertiary alicyclic amines) is 1. The molecule has 1 aliphatic rings. The van der Waals surface area contributed by atoms with Crippen LogP contribution in [0.4, 0.5) is 0 Å². The molecule has 0 N–H and O–H groups in total. The Kier molecular flexibility index (Phi) is 4.40. The van der Waals surface area contributed by atoms with Crippen molar-refractivity contribution >= 4 is 28.8 Å². The molecule has 3 nitrogen and oxygen atoms in total. The summed E-state index contributed by atoms with van der Waals surface area (Å²) in [5.74, 6) is 0.825. The maximum atomic E-state index is 12.3. The van der Waals surface area contributed by atoms with Crippen LogP contribution in [0.3, 0.4) is 0 Å². The molecule has 0 spiro atoms. The molecule has 94 valence electrons. The van der Waals surface area contributed by atoms with E-state index in [1.165, 1.54) is 11.3 Å². The molecule has 0 radical (unpaired) electrons. The molecule has 2 heterocycles. The number of alkyl halides is 1. The van der Waals surface area contributed by atoms with Gasteiger partial charge in [-0.2, -0.15) is 0 Å². The van der Waals surface area contributed by atoms with Gasteiger partial charge in [0, 0.05) is 18.5 Å². The predicted molar refractivity (Wildman–Crippen MR) is 70.9 cm³/mol. The van der Waals surface area contributed by atoms with Gasteiger partial charge in [-0.1, -0.05) is 0 Å². The van der Waals surface area contributed by atoms with Gasteiger partial charge in [0.1, 0.15) is 4.88 Å². The first-order valence-electron chi connectivity index (χ1n) is 6.01. The normalized spacial score (nSPS) is 19.9. The summed E-state index contributed by atoms with van der Waals surface area (Å²) >= 11 is 7.20. The van der Waals surface area contributed by atoms with Gasteiger partial charge in [0.25, 0.3) is 5.91 Å². The molecule has 1 amide bonds. The van der Waals surface area contributed by atoms with Gasteiger partial charge in [-0.3, -0.25) is 4.79 Å². The summed E-state index contributed by atoms with van der Waals surface area (Å²) in [6.07, 6.45) is 5.92. The lowest BCUT2D eigenvalue weighted by atomic mass is 10.1. The second-order valence-corrected chi connectivity index (χ2v) is 5.98. The Morgan fingerprint density at radius 2 is 2.53 bits per heavy atom. The highest BCUT2D eigenvalue weighted by Gasteiger charge is 2.29. The highest BCUT2D eigenvalue weighted by molar-refractivity contribution is 7.13. The van der Waals surface area contributed by atoms with Crippen molar-refractivity contribution in [3.8, 4) is 0 Å². The van der Waals surface area contributed by atoms with Crippen LogP contribution in [0.5, 0.6) is 0 Å². The Labute approximate surface area is 111 Å². The number of amides is 1. The van der Waals surface area contributed by atoms with Crippen LogP contribution >= 0.6 is 22.9 Å². The van der Waals surface area contributed by atoms with Crippen LogP contribution < -0.4 is 0 Å². The number of hydrogen-bond donors (Lipinski definition) is 0. The molecule has 2 rings (SSSR count). The standard InChI is InChI=1S/C12H17ClN2OS/c1-9-14-8-11(17-9)12(16)15-7-3-5-10(15)4-2-6-13/h8,10H,2-7H2,1H3. The van der Waals surface area contributed by atoms with Gasteiger partial charge < -0.3 is 4.90 Å². The third kappa shape index (κ3) is 2.99. The fraction of sp³-hybridized carbons (Fsp3) is 0.667. The van der Waals surface area contributed by atoms with E-state index < -0.39 is 0 Å². The fourth-order valence-corrected chi connectivity index (χ4v) is 3.21. The van der Waals surface area contributed by atoms with Gasteiger partial charge in [0.2, 0.25) is 0 Å². The van der Waals surface area contributed by atoms with Gasteiger partial charge in [0.15, 0.2) is 0 Å². The van der Waals surface area contributed by atoms with Gasteiger partial charge in [-0.25, -0.2) is 4.98 Å². The SMILES string of the molecule is Cc1ncc(C(=O)N2CCCC2CCCCl)s1. The Bertz CT molecular complexity index is 394. The summed E-state index contributed by atoms with van der Waals surface area (Å²) in [5.41, 5.74) is 0. The van der Waals surface area contributed by atoms with E-state index in [9.17, 15) is 4.79 Å². The first-order valence-corrected chi connectivity index (χ1v) is 7.37. The minimum atomic E-state index is 0.146. The largest absolute Gasteiger partial charge is 0.335 e. The van der Waals surface area contributed by atoms with Crippen molar-refractivity contribution in [3.63, 3.8) is 0 Å². The van der Waals surface area contributed by atoms with Crippen LogP contribution in [0, 0.1) is 6.92 Å². The Morgan fingerprint density at radius 3 is 3.18 bits per heavy atom. The number of aryl methyl sites for hydroxylation is 1. The molecular formula is C12H17ClN2OS. The highest BCUT2D eigenvalue weighted by atomic mass is 35.5. The summed E-state index contributed by atoms with van der Waals surface area (Å²) in [7, 11) is 0. The lowest BCUT2D eigenvalue weighted by molar-refractivity contribution is 0.0735. The van der Waals surface area contributed by atoms with Crippen LogP contribution in [-0.4, -0.2) is 34.3 Å². The van der Waals surface area contributed by atoms with Crippen molar-refractivity contribution < 1.29 is 4.79 Å². The van der Waals surface area contributed by atoms with E-state index in [2.05, 4.69) is 4.98 Å². The number of carbonyl (C=O) groups excluding carboxylic acids is 1. The fourth-order valence-electron chi connectivity index (χ4n) is 2.32. The lowest BCUT2D eigenvalue weighted by Gasteiger charge is -2.23. The molecule has 5 heteroatoms. The van der Waals surface area contributed by atoms with Gasteiger partial charge in [0.05, 0.1) is 11.2 Å². The van der Waals surface area contributed by atoms with Crippen molar-refractivity contribution in [2.45, 2.75) is 38.6 Å². The summed E-state index contributed by atoms with van der Waals surface area (Å²) in [4.78, 5) is 19.2. The van der Waals surface area contributed by atoms with Crippen molar-refractivity contribution in [3.05, 3.63) is 16.1 Å². The third-order valence-corrected chi connectivity index (χ3v) is 4.31. The first kappa shape index (κ1) is 12.8. The zero-order valence-electron chi connectivity index (χ0n) is 9.99. The zero-order chi connectivity index (χ0) is 12.3. The molecule has 1 aliphatic heterocycles. The molecule has 0 aromatic carbocycles. The molecule has 0 aliphatic carbocycles. The summed E-state index contributed by atoms with van der Waals surface area (Å²) in [5, 5.41) is 0.949. The Morgan fingerprint density at radius 1 is 1.71 bits per heavy atom. The number of halogens is 1. The summed E-state index contributed by atoms with van der Waals surface area (Å²) in [6, 6.07) is 0.378. The van der Waals surface area contributed by atoms with Gasteiger partial charge >= 0.3 is 0 Å². The molecule has 1 aromatic heterocycles. The second kappa shape index (κ2) is 5.83. The molecular weight excluding hydrogens is 256 g/mol. The molecule has 17 heavy (non-hydrogen) atoms. The van der Waals surface area contributed by atoms with Crippen molar-refractivity contribution in [2.75, 3.05) is 12.4 Å². The van der Waals surface area contributed by atoms with E-state index >= 15 is 0 Å². The first-order chi connectivity index (χ1) is 8.22. The molecule has 1 saturated heterocycles. The second-order valence-electron chi connectivity index (χ2n) is 4.37. The van der Waals surface area contributed by atoms with Gasteiger partial charge in [-0.15, -0.1) is 22.9 Å². The number of hydrogen-bond acceptors (Lipinski definition) is 3. The van der Waals surface area contributed by atoms with Crippen molar-refractivity contribution in [2.24, 2.45) is 0 Å². The Hall–Kier alpha value is -0.610. The Balaban J connectivity index is 2.03. The average Bonchev–Trinajstić information content (AvgIpc) is 2.94. The number of rotatable bonds is 4. The number of carbonyl (C=O) groups is 1. The number of aromatic nitrogens is 1. The lowest BCUT2D eigenvalue weighted by Crippen LogP contribution is -2.35. The average molecular weight is 273 g/mol. The van der Waals surface area contributed by atoms with E-state index in [0.717, 1.165) is 42.1 Å². The molecule has 1 aromatic rings. The summed E-state index contributed by atoms with van der Waals surface area (Å²) < 4.78 is 0. The van der Waals surface area contributed by atoms with Crippen molar-refractivity contribution in [1.82, 2.24) is 9.88 Å². The van der Waals surface area contributed by atoms with E-state index in [1.807, 2.05) is 11.8 Å². The maximum Gasteiger partial charge on any atom is 0.265 e. The monoisotopic (exact) mass is 272 g/mol. The maximum absolute atomic E-state index is 12.3. The van der Waals surface area contributed by atoms with Crippen LogP contribution in [0.25, 0.3) is 0 Å². The smallest absolute Gasteiger partial charge is 0.265 e. The van der Waals surface area contributed by atoms with E-state index in [0.29, 0.717) is 11.9 Å². The quantitative estimate of drug-likeness (QED) is 0.789. The van der Waals surface area contributed by atoms with Crippen LogP contribution in [-0.2, 0) is 0 Å². The number of thiazole rings is 1. The minimum absolute atomic E-state index is 0.146. The molecule has 0 saturated carbocycles. The van der Waals surface area contributed by atoms with E-state index in [4.69, 9.17) is 11.6 Å². The zero-order valence-corrected chi connectivity index (χ0v) is 11.6. The number of nitrogens with zero attached hydrogens (tertiary/aromatic N) is 2. The van der Waals surface area contributed by atoms with E-state index in [-0.39, 0.29) is 5.91 Å². The molecule has 1 fully saturated rings. The molecule has 1 atom stereocenters. The van der Waals surface area contributed by atoms with Crippen LogP contribution in [0.1, 0.15) is 40.4 Å².